The first-order valence-electron chi connectivity index (χ1n) is 11.0. The Balaban J connectivity index is 1.47. The van der Waals surface area contributed by atoms with Crippen molar-refractivity contribution in [2.75, 3.05) is 31.5 Å². The fourth-order valence-electron chi connectivity index (χ4n) is 4.50. The lowest BCUT2D eigenvalue weighted by Gasteiger charge is -2.31. The van der Waals surface area contributed by atoms with Gasteiger partial charge in [-0.25, -0.2) is 0 Å². The first kappa shape index (κ1) is 22.8. The summed E-state index contributed by atoms with van der Waals surface area (Å²) in [6, 6.07) is 4.94. The largest absolute Gasteiger partial charge is 0.321 e. The molecule has 0 spiro atoms. The highest BCUT2D eigenvalue weighted by molar-refractivity contribution is 7.81. The number of amides is 3. The maximum absolute atomic E-state index is 13.1. The van der Waals surface area contributed by atoms with Crippen LogP contribution >= 0.6 is 23.8 Å². The molecule has 0 bridgehead atoms. The minimum atomic E-state index is -0.434. The molecule has 0 atom stereocenters. The number of anilines is 1. The van der Waals surface area contributed by atoms with E-state index in [1.54, 1.807) is 24.3 Å². The van der Waals surface area contributed by atoms with Crippen LogP contribution in [0.1, 0.15) is 53.3 Å². The van der Waals surface area contributed by atoms with Gasteiger partial charge in [0.05, 0.1) is 22.4 Å². The highest BCUT2D eigenvalue weighted by Crippen LogP contribution is 2.31. The molecule has 3 aliphatic rings. The van der Waals surface area contributed by atoms with Gasteiger partial charge in [-0.15, -0.1) is 0 Å². The number of benzene rings is 1. The summed E-state index contributed by atoms with van der Waals surface area (Å²) in [5, 5.41) is 3.21. The Bertz CT molecular complexity index is 1040. The van der Waals surface area contributed by atoms with Crippen LogP contribution in [0.5, 0.6) is 0 Å². The van der Waals surface area contributed by atoms with Crippen LogP contribution in [-0.4, -0.2) is 58.6 Å². The molecule has 168 valence electrons. The maximum Gasteiger partial charge on any atom is 0.263 e. The molecule has 1 fully saturated rings. The second-order valence-electron chi connectivity index (χ2n) is 8.38. The molecule has 1 saturated heterocycles. The summed E-state index contributed by atoms with van der Waals surface area (Å²) >= 11 is 11.3. The molecule has 1 aromatic rings. The van der Waals surface area contributed by atoms with Crippen molar-refractivity contribution in [1.29, 1.82) is 0 Å². The molecule has 3 amide bonds. The summed E-state index contributed by atoms with van der Waals surface area (Å²) in [5.74, 6) is -0.579. The van der Waals surface area contributed by atoms with E-state index >= 15 is 0 Å². The molecule has 32 heavy (non-hydrogen) atoms. The molecule has 2 aliphatic heterocycles. The number of nitrogens with one attached hydrogen (secondary N) is 1. The number of carbonyl (C=O) groups excluding carboxylic acids is 3. The average Bonchev–Trinajstić information content (AvgIpc) is 3.04. The van der Waals surface area contributed by atoms with Crippen LogP contribution in [-0.2, 0) is 4.79 Å². The van der Waals surface area contributed by atoms with Crippen molar-refractivity contribution in [2.45, 2.75) is 32.6 Å². The molecule has 0 unspecified atom stereocenters. The molecular weight excluding hydrogens is 446 g/mol. The Morgan fingerprint density at radius 1 is 1.22 bits per heavy atom. The van der Waals surface area contributed by atoms with Gasteiger partial charge in [-0.2, -0.15) is 0 Å². The first-order valence-corrected chi connectivity index (χ1v) is 11.8. The highest BCUT2D eigenvalue weighted by Gasteiger charge is 2.38. The molecule has 1 N–H and O–H groups in total. The third-order valence-corrected chi connectivity index (χ3v) is 7.12. The van der Waals surface area contributed by atoms with Crippen molar-refractivity contribution in [3.8, 4) is 0 Å². The van der Waals surface area contributed by atoms with Gasteiger partial charge in [0, 0.05) is 22.9 Å². The fourth-order valence-corrected chi connectivity index (χ4v) is 4.92. The number of carbonyl (C=O) groups is 3. The molecule has 1 aromatic carbocycles. The Labute approximate surface area is 198 Å². The van der Waals surface area contributed by atoms with E-state index < -0.39 is 5.91 Å². The predicted molar refractivity (Wildman–Crippen MR) is 129 cm³/mol. The normalized spacial score (nSPS) is 19.7. The lowest BCUT2D eigenvalue weighted by molar-refractivity contribution is -0.112. The monoisotopic (exact) mass is 471 g/mol. The number of imide groups is 1. The van der Waals surface area contributed by atoms with E-state index in [-0.39, 0.29) is 17.4 Å². The van der Waals surface area contributed by atoms with Gasteiger partial charge in [0.2, 0.25) is 0 Å². The van der Waals surface area contributed by atoms with Gasteiger partial charge in [-0.3, -0.25) is 19.3 Å². The van der Waals surface area contributed by atoms with Crippen molar-refractivity contribution < 1.29 is 14.4 Å². The zero-order valence-corrected chi connectivity index (χ0v) is 19.6. The molecule has 6 nitrogen and oxygen atoms in total. The minimum Gasteiger partial charge on any atom is -0.321 e. The Morgan fingerprint density at radius 2 is 1.97 bits per heavy atom. The predicted octanol–water partition coefficient (Wildman–Crippen LogP) is 4.17. The van der Waals surface area contributed by atoms with E-state index in [1.807, 2.05) is 0 Å². The van der Waals surface area contributed by atoms with Crippen molar-refractivity contribution >= 4 is 52.1 Å². The Kier molecular flexibility index (Phi) is 6.88. The number of likely N-dealkylation sites (tertiary alicyclic amines) is 1. The molecule has 0 saturated carbocycles. The van der Waals surface area contributed by atoms with E-state index in [2.05, 4.69) is 17.1 Å². The van der Waals surface area contributed by atoms with Crippen LogP contribution < -0.4 is 5.32 Å². The third-order valence-electron chi connectivity index (χ3n) is 6.47. The second-order valence-corrected chi connectivity index (χ2v) is 9.31. The van der Waals surface area contributed by atoms with Crippen LogP contribution in [0.2, 0.25) is 0 Å². The third kappa shape index (κ3) is 4.56. The van der Waals surface area contributed by atoms with E-state index in [4.69, 9.17) is 23.8 Å². The zero-order chi connectivity index (χ0) is 22.8. The number of hydrogen-bond acceptors (Lipinski definition) is 5. The summed E-state index contributed by atoms with van der Waals surface area (Å²) in [4.78, 5) is 43.1. The minimum absolute atomic E-state index is 0.246. The second kappa shape index (κ2) is 9.65. The number of allylic oxidation sites excluding steroid dienone is 3. The summed E-state index contributed by atoms with van der Waals surface area (Å²) in [5.41, 5.74) is 1.19. The number of halogens is 1. The molecule has 0 aromatic heterocycles. The lowest BCUT2D eigenvalue weighted by Crippen LogP contribution is -2.36. The summed E-state index contributed by atoms with van der Waals surface area (Å²) < 4.78 is 0. The fraction of sp³-hybridized carbons (Fsp3) is 0.417. The van der Waals surface area contributed by atoms with Gasteiger partial charge in [-0.1, -0.05) is 42.9 Å². The Hall–Kier alpha value is -2.35. The van der Waals surface area contributed by atoms with Crippen molar-refractivity contribution in [3.63, 3.8) is 0 Å². The molecule has 8 heteroatoms. The van der Waals surface area contributed by atoms with Crippen LogP contribution in [0, 0.1) is 5.92 Å². The van der Waals surface area contributed by atoms with Crippen LogP contribution in [0.25, 0.3) is 0 Å². The number of piperidine rings is 1. The van der Waals surface area contributed by atoms with Gasteiger partial charge in [0.25, 0.3) is 17.7 Å². The van der Waals surface area contributed by atoms with Crippen LogP contribution in [0.3, 0.4) is 0 Å². The maximum atomic E-state index is 13.1. The molecule has 0 radical (unpaired) electrons. The lowest BCUT2D eigenvalue weighted by atomic mass is 9.93. The number of rotatable bonds is 6. The number of fused-ring (bicyclic) bond motifs is 1. The highest BCUT2D eigenvalue weighted by atomic mass is 35.5. The van der Waals surface area contributed by atoms with E-state index in [0.717, 1.165) is 38.9 Å². The number of thiocarbonyl (C=S) groups is 1. The van der Waals surface area contributed by atoms with E-state index in [9.17, 15) is 14.4 Å². The smallest absolute Gasteiger partial charge is 0.263 e. The summed E-state index contributed by atoms with van der Waals surface area (Å²) in [7, 11) is 0. The van der Waals surface area contributed by atoms with Gasteiger partial charge < -0.3 is 10.2 Å². The van der Waals surface area contributed by atoms with Crippen molar-refractivity contribution in [1.82, 2.24) is 9.80 Å². The van der Waals surface area contributed by atoms with Crippen LogP contribution in [0.15, 0.2) is 41.0 Å². The van der Waals surface area contributed by atoms with Gasteiger partial charge in [0.1, 0.15) is 0 Å². The average molecular weight is 472 g/mol. The molecule has 1 aliphatic carbocycles. The Morgan fingerprint density at radius 3 is 2.69 bits per heavy atom. The first-order chi connectivity index (χ1) is 15.4. The van der Waals surface area contributed by atoms with Gasteiger partial charge >= 0.3 is 0 Å². The topological polar surface area (TPSA) is 69.7 Å². The SMILES string of the molecule is CCN1CCC(CCN2C(=O)c3cccc(NC(=O)C4=CC(Cl)=CCC4=S)c3C2=O)CC1. The summed E-state index contributed by atoms with van der Waals surface area (Å²) in [6.45, 7) is 5.75. The zero-order valence-electron chi connectivity index (χ0n) is 18.0. The quantitative estimate of drug-likeness (QED) is 0.498. The van der Waals surface area contributed by atoms with Gasteiger partial charge in [0.15, 0.2) is 0 Å². The van der Waals surface area contributed by atoms with Crippen molar-refractivity contribution in [2.24, 2.45) is 5.92 Å². The number of hydrogen-bond donors (Lipinski definition) is 1. The van der Waals surface area contributed by atoms with Gasteiger partial charge in [-0.05, 0) is 63.0 Å². The molecule has 2 heterocycles. The van der Waals surface area contributed by atoms with Crippen molar-refractivity contribution in [3.05, 3.63) is 52.1 Å². The van der Waals surface area contributed by atoms with Crippen LogP contribution in [0.4, 0.5) is 5.69 Å². The summed E-state index contributed by atoms with van der Waals surface area (Å²) in [6.07, 6.45) is 6.66. The number of nitrogens with zero attached hydrogens (tertiary/aromatic N) is 2. The standard InChI is InChI=1S/C24H26ClN3O3S/c1-2-27-11-8-15(9-12-27)10-13-28-23(30)17-4-3-5-19(21(17)24(28)31)26-22(29)18-14-16(25)6-7-20(18)32/h3-6,14-15H,2,7-13H2,1H3,(H,26,29). The van der Waals surface area contributed by atoms with E-state index in [0.29, 0.717) is 45.6 Å². The molecular formula is C24H26ClN3O3S. The van der Waals surface area contributed by atoms with E-state index in [1.165, 1.54) is 11.0 Å². The molecule has 4 rings (SSSR count).